The SMILES string of the molecule is CC1CCN(C(=O)COC(=O)c2cccc(S(=O)(=O)N3CCN(c4ccccc4)CC3)c2)CC1. The second-order valence-corrected chi connectivity index (χ2v) is 10.8. The minimum Gasteiger partial charge on any atom is -0.452 e. The van der Waals surface area contributed by atoms with Crippen molar-refractivity contribution in [2.45, 2.75) is 24.7 Å². The molecule has 1 amide bonds. The fraction of sp³-hybridized carbons (Fsp3) is 0.440. The summed E-state index contributed by atoms with van der Waals surface area (Å²) in [7, 11) is -3.75. The number of likely N-dealkylation sites (tertiary alicyclic amines) is 1. The van der Waals surface area contributed by atoms with Crippen molar-refractivity contribution in [3.8, 4) is 0 Å². The molecule has 4 rings (SSSR count). The summed E-state index contributed by atoms with van der Waals surface area (Å²) in [4.78, 5) is 28.8. The molecule has 2 heterocycles. The molecule has 0 aromatic heterocycles. The van der Waals surface area contributed by atoms with Crippen molar-refractivity contribution in [3.05, 3.63) is 60.2 Å². The van der Waals surface area contributed by atoms with E-state index in [1.807, 2.05) is 30.3 Å². The van der Waals surface area contributed by atoms with Gasteiger partial charge in [0.05, 0.1) is 10.5 Å². The number of para-hydroxylation sites is 1. The zero-order valence-corrected chi connectivity index (χ0v) is 20.2. The molecule has 0 radical (unpaired) electrons. The molecule has 2 aromatic rings. The smallest absolute Gasteiger partial charge is 0.338 e. The first kappa shape index (κ1) is 24.2. The van der Waals surface area contributed by atoms with Crippen LogP contribution in [-0.4, -0.2) is 75.4 Å². The zero-order valence-electron chi connectivity index (χ0n) is 19.4. The van der Waals surface area contributed by atoms with Gasteiger partial charge in [-0.2, -0.15) is 4.31 Å². The van der Waals surface area contributed by atoms with Crippen LogP contribution in [0.15, 0.2) is 59.5 Å². The highest BCUT2D eigenvalue weighted by atomic mass is 32.2. The van der Waals surface area contributed by atoms with Crippen LogP contribution in [0.25, 0.3) is 0 Å². The predicted molar refractivity (Wildman–Crippen MR) is 129 cm³/mol. The number of nitrogens with zero attached hydrogens (tertiary/aromatic N) is 3. The number of rotatable bonds is 6. The second-order valence-electron chi connectivity index (χ2n) is 8.89. The highest BCUT2D eigenvalue weighted by Gasteiger charge is 2.29. The van der Waals surface area contributed by atoms with Gasteiger partial charge in [0.2, 0.25) is 10.0 Å². The molecule has 8 nitrogen and oxygen atoms in total. The van der Waals surface area contributed by atoms with Gasteiger partial charge >= 0.3 is 5.97 Å². The van der Waals surface area contributed by atoms with Gasteiger partial charge in [0.25, 0.3) is 5.91 Å². The Morgan fingerprint density at radius 2 is 1.59 bits per heavy atom. The molecule has 2 aliphatic heterocycles. The molecule has 2 aromatic carbocycles. The highest BCUT2D eigenvalue weighted by Crippen LogP contribution is 2.22. The van der Waals surface area contributed by atoms with Crippen LogP contribution in [0.1, 0.15) is 30.1 Å². The zero-order chi connectivity index (χ0) is 24.1. The monoisotopic (exact) mass is 485 g/mol. The number of esters is 1. The van der Waals surface area contributed by atoms with Crippen LogP contribution in [-0.2, 0) is 19.6 Å². The second kappa shape index (κ2) is 10.6. The molecule has 0 atom stereocenters. The van der Waals surface area contributed by atoms with E-state index in [2.05, 4.69) is 11.8 Å². The highest BCUT2D eigenvalue weighted by molar-refractivity contribution is 7.89. The lowest BCUT2D eigenvalue weighted by atomic mass is 9.99. The molecule has 2 fully saturated rings. The van der Waals surface area contributed by atoms with Crippen molar-refractivity contribution in [1.82, 2.24) is 9.21 Å². The van der Waals surface area contributed by atoms with Crippen LogP contribution >= 0.6 is 0 Å². The number of sulfonamides is 1. The summed E-state index contributed by atoms with van der Waals surface area (Å²) in [6.07, 6.45) is 1.89. The van der Waals surface area contributed by atoms with Crippen LogP contribution < -0.4 is 4.90 Å². The molecule has 9 heteroatoms. The average molecular weight is 486 g/mol. The van der Waals surface area contributed by atoms with Gasteiger partial charge in [-0.3, -0.25) is 4.79 Å². The summed E-state index contributed by atoms with van der Waals surface area (Å²) in [5, 5.41) is 0. The van der Waals surface area contributed by atoms with E-state index in [-0.39, 0.29) is 23.0 Å². The third kappa shape index (κ3) is 5.59. The van der Waals surface area contributed by atoms with Crippen LogP contribution in [0.5, 0.6) is 0 Å². The van der Waals surface area contributed by atoms with E-state index < -0.39 is 16.0 Å². The van der Waals surface area contributed by atoms with E-state index in [9.17, 15) is 18.0 Å². The van der Waals surface area contributed by atoms with Crippen molar-refractivity contribution >= 4 is 27.6 Å². The Kier molecular flexibility index (Phi) is 7.53. The molecular weight excluding hydrogens is 454 g/mol. The Labute approximate surface area is 201 Å². The maximum atomic E-state index is 13.2. The maximum Gasteiger partial charge on any atom is 0.338 e. The summed E-state index contributed by atoms with van der Waals surface area (Å²) in [5.74, 6) is -0.331. The van der Waals surface area contributed by atoms with Gasteiger partial charge in [-0.1, -0.05) is 31.2 Å². The summed E-state index contributed by atoms with van der Waals surface area (Å²) >= 11 is 0. The number of ether oxygens (including phenoxy) is 1. The van der Waals surface area contributed by atoms with Crippen LogP contribution in [0.2, 0.25) is 0 Å². The van der Waals surface area contributed by atoms with Crippen molar-refractivity contribution in [1.29, 1.82) is 0 Å². The quantitative estimate of drug-likeness (QED) is 0.585. The lowest BCUT2D eigenvalue weighted by Crippen LogP contribution is -2.48. The van der Waals surface area contributed by atoms with E-state index >= 15 is 0 Å². The van der Waals surface area contributed by atoms with Gasteiger partial charge in [-0.15, -0.1) is 0 Å². The first-order valence-electron chi connectivity index (χ1n) is 11.7. The van der Waals surface area contributed by atoms with Crippen molar-refractivity contribution < 1.29 is 22.7 Å². The molecule has 0 N–H and O–H groups in total. The van der Waals surface area contributed by atoms with Gasteiger partial charge in [0, 0.05) is 45.0 Å². The fourth-order valence-corrected chi connectivity index (χ4v) is 5.79. The summed E-state index contributed by atoms with van der Waals surface area (Å²) in [6.45, 7) is 5.04. The Morgan fingerprint density at radius 1 is 0.912 bits per heavy atom. The normalized spacial score (nSPS) is 18.0. The van der Waals surface area contributed by atoms with Gasteiger partial charge < -0.3 is 14.5 Å². The predicted octanol–water partition coefficient (Wildman–Crippen LogP) is 2.61. The topological polar surface area (TPSA) is 87.2 Å². The number of piperazine rings is 1. The fourth-order valence-electron chi connectivity index (χ4n) is 4.32. The third-order valence-electron chi connectivity index (χ3n) is 6.53. The summed E-state index contributed by atoms with van der Waals surface area (Å²) in [5.41, 5.74) is 1.18. The van der Waals surface area contributed by atoms with E-state index in [0.29, 0.717) is 45.2 Å². The standard InChI is InChI=1S/C25H31N3O5S/c1-20-10-12-27(13-11-20)24(29)19-33-25(30)21-6-5-9-23(18-21)34(31,32)28-16-14-26(15-17-28)22-7-3-2-4-8-22/h2-9,18,20H,10-17,19H2,1H3. The van der Waals surface area contributed by atoms with E-state index in [1.54, 1.807) is 4.90 Å². The molecule has 0 unspecified atom stereocenters. The largest absolute Gasteiger partial charge is 0.452 e. The van der Waals surface area contributed by atoms with Crippen molar-refractivity contribution in [2.24, 2.45) is 5.92 Å². The van der Waals surface area contributed by atoms with Crippen molar-refractivity contribution in [3.63, 3.8) is 0 Å². The van der Waals surface area contributed by atoms with Crippen LogP contribution in [0, 0.1) is 5.92 Å². The molecule has 0 spiro atoms. The van der Waals surface area contributed by atoms with Crippen LogP contribution in [0.3, 0.4) is 0 Å². The number of benzene rings is 2. The number of piperidine rings is 1. The number of amides is 1. The Balaban J connectivity index is 1.35. The number of hydrogen-bond acceptors (Lipinski definition) is 6. The first-order valence-corrected chi connectivity index (χ1v) is 13.1. The van der Waals surface area contributed by atoms with Crippen molar-refractivity contribution in [2.75, 3.05) is 50.8 Å². The van der Waals surface area contributed by atoms with E-state index in [0.717, 1.165) is 18.5 Å². The number of anilines is 1. The molecule has 0 bridgehead atoms. The molecule has 0 saturated carbocycles. The number of carbonyl (C=O) groups is 2. The van der Waals surface area contributed by atoms with Gasteiger partial charge in [0.15, 0.2) is 6.61 Å². The van der Waals surface area contributed by atoms with E-state index in [1.165, 1.54) is 28.6 Å². The molecule has 182 valence electrons. The van der Waals surface area contributed by atoms with Gasteiger partial charge in [-0.25, -0.2) is 13.2 Å². The number of carbonyl (C=O) groups excluding carboxylic acids is 2. The molecule has 2 saturated heterocycles. The molecule has 0 aliphatic carbocycles. The maximum absolute atomic E-state index is 13.2. The summed E-state index contributed by atoms with van der Waals surface area (Å²) < 4.78 is 33.0. The molecule has 2 aliphatic rings. The Bertz CT molecular complexity index is 1110. The minimum absolute atomic E-state index is 0.0476. The summed E-state index contributed by atoms with van der Waals surface area (Å²) in [6, 6.07) is 15.7. The molecule has 34 heavy (non-hydrogen) atoms. The number of hydrogen-bond donors (Lipinski definition) is 0. The molecular formula is C25H31N3O5S. The lowest BCUT2D eigenvalue weighted by Gasteiger charge is -2.35. The lowest BCUT2D eigenvalue weighted by molar-refractivity contribution is -0.135. The Morgan fingerprint density at radius 3 is 2.26 bits per heavy atom. The minimum atomic E-state index is -3.75. The first-order chi connectivity index (χ1) is 16.3. The van der Waals surface area contributed by atoms with Crippen LogP contribution in [0.4, 0.5) is 5.69 Å². The third-order valence-corrected chi connectivity index (χ3v) is 8.43. The Hall–Kier alpha value is -2.91. The average Bonchev–Trinajstić information content (AvgIpc) is 2.88. The van der Waals surface area contributed by atoms with Gasteiger partial charge in [-0.05, 0) is 49.1 Å². The van der Waals surface area contributed by atoms with Gasteiger partial charge in [0.1, 0.15) is 0 Å². The van der Waals surface area contributed by atoms with E-state index in [4.69, 9.17) is 4.74 Å².